The van der Waals surface area contributed by atoms with E-state index in [2.05, 4.69) is 4.98 Å². The molecule has 0 aliphatic carbocycles. The van der Waals surface area contributed by atoms with E-state index < -0.39 is 5.95 Å². The van der Waals surface area contributed by atoms with Crippen LogP contribution in [0.25, 0.3) is 0 Å². The fourth-order valence-corrected chi connectivity index (χ4v) is 0.867. The van der Waals surface area contributed by atoms with Crippen LogP contribution in [0.15, 0.2) is 6.07 Å². The third-order valence-electron chi connectivity index (χ3n) is 1.65. The van der Waals surface area contributed by atoms with Gasteiger partial charge in [-0.05, 0) is 25.5 Å². The summed E-state index contributed by atoms with van der Waals surface area (Å²) >= 11 is 0. The lowest BCUT2D eigenvalue weighted by atomic mass is 10.2. The SMILES string of the molecule is COc1nc(F)cc(C)c1C. The minimum absolute atomic E-state index is 0.363. The summed E-state index contributed by atoms with van der Waals surface area (Å²) in [6.07, 6.45) is 0. The van der Waals surface area contributed by atoms with Crippen molar-refractivity contribution < 1.29 is 9.13 Å². The maximum atomic E-state index is 12.6. The normalized spacial score (nSPS) is 9.82. The average molecular weight is 155 g/mol. The van der Waals surface area contributed by atoms with Crippen LogP contribution in [-0.2, 0) is 0 Å². The van der Waals surface area contributed by atoms with Crippen LogP contribution in [0.3, 0.4) is 0 Å². The fourth-order valence-electron chi connectivity index (χ4n) is 0.867. The molecule has 2 nitrogen and oxygen atoms in total. The Morgan fingerprint density at radius 1 is 1.45 bits per heavy atom. The first kappa shape index (κ1) is 7.98. The van der Waals surface area contributed by atoms with Crippen LogP contribution in [0.5, 0.6) is 5.88 Å². The summed E-state index contributed by atoms with van der Waals surface area (Å²) in [5.74, 6) is -0.132. The number of rotatable bonds is 1. The maximum Gasteiger partial charge on any atom is 0.218 e. The predicted molar refractivity (Wildman–Crippen MR) is 40.2 cm³/mol. The van der Waals surface area contributed by atoms with Crippen molar-refractivity contribution in [2.75, 3.05) is 7.11 Å². The summed E-state index contributed by atoms with van der Waals surface area (Å²) < 4.78 is 17.5. The van der Waals surface area contributed by atoms with Gasteiger partial charge in [0.2, 0.25) is 11.8 Å². The highest BCUT2D eigenvalue weighted by Crippen LogP contribution is 2.17. The van der Waals surface area contributed by atoms with Crippen molar-refractivity contribution in [2.45, 2.75) is 13.8 Å². The number of aromatic nitrogens is 1. The standard InChI is InChI=1S/C8H10FNO/c1-5-4-7(9)10-8(11-3)6(5)2/h4H,1-3H3. The van der Waals surface area contributed by atoms with Gasteiger partial charge in [-0.25, -0.2) is 0 Å². The summed E-state index contributed by atoms with van der Waals surface area (Å²) in [5.41, 5.74) is 1.74. The number of pyridine rings is 1. The lowest BCUT2D eigenvalue weighted by molar-refractivity contribution is 0.383. The Balaban J connectivity index is 3.24. The molecule has 3 heteroatoms. The van der Waals surface area contributed by atoms with E-state index >= 15 is 0 Å². The van der Waals surface area contributed by atoms with E-state index in [4.69, 9.17) is 4.74 Å². The van der Waals surface area contributed by atoms with Crippen molar-refractivity contribution >= 4 is 0 Å². The highest BCUT2D eigenvalue weighted by Gasteiger charge is 2.04. The molecule has 0 N–H and O–H groups in total. The van der Waals surface area contributed by atoms with Crippen LogP contribution in [0.2, 0.25) is 0 Å². The second kappa shape index (κ2) is 2.86. The van der Waals surface area contributed by atoms with Gasteiger partial charge < -0.3 is 4.74 Å². The number of hydrogen-bond donors (Lipinski definition) is 0. The van der Waals surface area contributed by atoms with Gasteiger partial charge in [-0.15, -0.1) is 0 Å². The largest absolute Gasteiger partial charge is 0.481 e. The van der Waals surface area contributed by atoms with Crippen molar-refractivity contribution in [3.05, 3.63) is 23.1 Å². The Hall–Kier alpha value is -1.12. The zero-order chi connectivity index (χ0) is 8.43. The van der Waals surface area contributed by atoms with Crippen LogP contribution in [-0.4, -0.2) is 12.1 Å². The molecule has 60 valence electrons. The molecular formula is C8H10FNO. The van der Waals surface area contributed by atoms with Crippen LogP contribution in [0, 0.1) is 19.8 Å². The molecule has 0 bridgehead atoms. The second-order valence-corrected chi connectivity index (χ2v) is 2.40. The smallest absolute Gasteiger partial charge is 0.218 e. The molecular weight excluding hydrogens is 145 g/mol. The molecule has 0 saturated heterocycles. The third-order valence-corrected chi connectivity index (χ3v) is 1.65. The maximum absolute atomic E-state index is 12.6. The fraction of sp³-hybridized carbons (Fsp3) is 0.375. The van der Waals surface area contributed by atoms with Gasteiger partial charge in [-0.2, -0.15) is 9.37 Å². The van der Waals surface area contributed by atoms with Crippen molar-refractivity contribution in [1.82, 2.24) is 4.98 Å². The molecule has 0 aliphatic rings. The van der Waals surface area contributed by atoms with E-state index in [1.54, 1.807) is 0 Å². The zero-order valence-corrected chi connectivity index (χ0v) is 6.81. The van der Waals surface area contributed by atoms with Crippen molar-refractivity contribution in [1.29, 1.82) is 0 Å². The van der Waals surface area contributed by atoms with Crippen LogP contribution < -0.4 is 4.74 Å². The molecule has 0 spiro atoms. The van der Waals surface area contributed by atoms with E-state index in [0.29, 0.717) is 5.88 Å². The van der Waals surface area contributed by atoms with Crippen LogP contribution >= 0.6 is 0 Å². The van der Waals surface area contributed by atoms with Crippen molar-refractivity contribution in [2.24, 2.45) is 0 Å². The quantitative estimate of drug-likeness (QED) is 0.577. The number of ether oxygens (including phenoxy) is 1. The van der Waals surface area contributed by atoms with Gasteiger partial charge in [0, 0.05) is 5.56 Å². The molecule has 0 radical (unpaired) electrons. The number of nitrogens with zero attached hydrogens (tertiary/aromatic N) is 1. The minimum atomic E-state index is -0.495. The highest BCUT2D eigenvalue weighted by molar-refractivity contribution is 5.31. The summed E-state index contributed by atoms with van der Waals surface area (Å²) in [4.78, 5) is 3.56. The Kier molecular flexibility index (Phi) is 2.08. The molecule has 0 aromatic carbocycles. The first-order valence-corrected chi connectivity index (χ1v) is 3.33. The lowest BCUT2D eigenvalue weighted by Gasteiger charge is -2.04. The molecule has 1 aromatic heterocycles. The van der Waals surface area contributed by atoms with Crippen molar-refractivity contribution in [3.63, 3.8) is 0 Å². The Labute approximate surface area is 65.0 Å². The van der Waals surface area contributed by atoms with E-state index in [9.17, 15) is 4.39 Å². The van der Waals surface area contributed by atoms with Gasteiger partial charge in [-0.1, -0.05) is 0 Å². The van der Waals surface area contributed by atoms with Gasteiger partial charge in [-0.3, -0.25) is 0 Å². The van der Waals surface area contributed by atoms with Gasteiger partial charge in [0.1, 0.15) is 0 Å². The number of halogens is 1. The molecule has 0 fully saturated rings. The van der Waals surface area contributed by atoms with Gasteiger partial charge in [0.15, 0.2) is 0 Å². The van der Waals surface area contributed by atoms with E-state index in [-0.39, 0.29) is 0 Å². The average Bonchev–Trinajstić information content (AvgIpc) is 1.96. The summed E-state index contributed by atoms with van der Waals surface area (Å²) in [6, 6.07) is 1.39. The molecule has 1 rings (SSSR count). The topological polar surface area (TPSA) is 22.1 Å². The first-order valence-electron chi connectivity index (χ1n) is 3.33. The van der Waals surface area contributed by atoms with E-state index in [1.807, 2.05) is 13.8 Å². The second-order valence-electron chi connectivity index (χ2n) is 2.40. The summed E-state index contributed by atoms with van der Waals surface area (Å²) in [5, 5.41) is 0. The minimum Gasteiger partial charge on any atom is -0.481 e. The van der Waals surface area contributed by atoms with Gasteiger partial charge >= 0.3 is 0 Å². The summed E-state index contributed by atoms with van der Waals surface area (Å²) in [6.45, 7) is 3.67. The van der Waals surface area contributed by atoms with E-state index in [0.717, 1.165) is 11.1 Å². The number of methoxy groups -OCH3 is 1. The predicted octanol–water partition coefficient (Wildman–Crippen LogP) is 1.85. The molecule has 1 heterocycles. The highest BCUT2D eigenvalue weighted by atomic mass is 19.1. The number of aryl methyl sites for hydroxylation is 1. The molecule has 11 heavy (non-hydrogen) atoms. The molecule has 1 aromatic rings. The molecule has 0 saturated carbocycles. The van der Waals surface area contributed by atoms with Gasteiger partial charge in [0.05, 0.1) is 7.11 Å². The molecule has 0 aliphatic heterocycles. The Morgan fingerprint density at radius 2 is 2.09 bits per heavy atom. The monoisotopic (exact) mass is 155 g/mol. The number of hydrogen-bond acceptors (Lipinski definition) is 2. The van der Waals surface area contributed by atoms with Crippen LogP contribution in [0.1, 0.15) is 11.1 Å². The van der Waals surface area contributed by atoms with E-state index in [1.165, 1.54) is 13.2 Å². The van der Waals surface area contributed by atoms with Crippen LogP contribution in [0.4, 0.5) is 4.39 Å². The third kappa shape index (κ3) is 1.48. The molecule has 0 atom stereocenters. The van der Waals surface area contributed by atoms with Crippen molar-refractivity contribution in [3.8, 4) is 5.88 Å². The summed E-state index contributed by atoms with van der Waals surface area (Å²) in [7, 11) is 1.48. The molecule has 0 amide bonds. The molecule has 0 unspecified atom stereocenters. The van der Waals surface area contributed by atoms with Gasteiger partial charge in [0.25, 0.3) is 0 Å². The Morgan fingerprint density at radius 3 is 2.64 bits per heavy atom. The zero-order valence-electron chi connectivity index (χ0n) is 6.81. The first-order chi connectivity index (χ1) is 5.15. The lowest BCUT2D eigenvalue weighted by Crippen LogP contribution is -1.96. The Bertz CT molecular complexity index is 273.